The third-order valence-corrected chi connectivity index (χ3v) is 1.85. The zero-order valence-corrected chi connectivity index (χ0v) is 9.73. The number of hydrogen-bond acceptors (Lipinski definition) is 4. The van der Waals surface area contributed by atoms with Crippen LogP contribution in [0.4, 0.5) is 0 Å². The van der Waals surface area contributed by atoms with Gasteiger partial charge in [-0.2, -0.15) is 0 Å². The fourth-order valence-corrected chi connectivity index (χ4v) is 0.964. The third-order valence-electron chi connectivity index (χ3n) is 1.85. The monoisotopic (exact) mass is 222 g/mol. The molecule has 0 saturated heterocycles. The Morgan fingerprint density at radius 2 is 1.13 bits per heavy atom. The van der Waals surface area contributed by atoms with Crippen LogP contribution in [0.3, 0.4) is 0 Å². The predicted octanol–water partition coefficient (Wildman–Crippen LogP) is 0.671. The van der Waals surface area contributed by atoms with E-state index in [9.17, 15) is 0 Å². The highest BCUT2D eigenvalue weighted by atomic mass is 16.3. The Labute approximate surface area is 92.6 Å². The first kappa shape index (κ1) is 17.2. The lowest BCUT2D eigenvalue weighted by Crippen LogP contribution is -1.99. The summed E-state index contributed by atoms with van der Waals surface area (Å²) in [5, 5.41) is 33.4. The maximum Gasteiger partial charge on any atom is 0.0513 e. The van der Waals surface area contributed by atoms with Crippen LogP contribution in [0.1, 0.15) is 45.4 Å². The normalized spacial score (nSPS) is 11.8. The summed E-state index contributed by atoms with van der Waals surface area (Å²) < 4.78 is 0. The molecule has 0 aliphatic heterocycles. The van der Waals surface area contributed by atoms with Crippen molar-refractivity contribution in [2.24, 2.45) is 0 Å². The Morgan fingerprint density at radius 3 is 1.33 bits per heavy atom. The molecule has 0 radical (unpaired) electrons. The molecule has 0 heterocycles. The van der Waals surface area contributed by atoms with Gasteiger partial charge in [-0.05, 0) is 32.6 Å². The first-order valence-electron chi connectivity index (χ1n) is 5.69. The molecule has 94 valence electrons. The molecule has 0 aromatic carbocycles. The van der Waals surface area contributed by atoms with Crippen LogP contribution in [0.15, 0.2) is 0 Å². The largest absolute Gasteiger partial charge is 0.396 e. The van der Waals surface area contributed by atoms with Gasteiger partial charge in [-0.25, -0.2) is 0 Å². The topological polar surface area (TPSA) is 80.9 Å². The quantitative estimate of drug-likeness (QED) is 0.455. The van der Waals surface area contributed by atoms with Crippen molar-refractivity contribution in [2.75, 3.05) is 19.8 Å². The summed E-state index contributed by atoms with van der Waals surface area (Å²) in [6.45, 7) is 2.47. The maximum absolute atomic E-state index is 8.57. The summed E-state index contributed by atoms with van der Waals surface area (Å²) in [4.78, 5) is 0. The lowest BCUT2D eigenvalue weighted by molar-refractivity contribution is 0.167. The van der Waals surface area contributed by atoms with Gasteiger partial charge in [0.05, 0.1) is 6.10 Å². The fraction of sp³-hybridized carbons (Fsp3) is 1.00. The van der Waals surface area contributed by atoms with Crippen LogP contribution in [0.25, 0.3) is 0 Å². The fourth-order valence-electron chi connectivity index (χ4n) is 0.964. The van der Waals surface area contributed by atoms with Gasteiger partial charge in [-0.1, -0.05) is 12.8 Å². The van der Waals surface area contributed by atoms with E-state index < -0.39 is 0 Å². The van der Waals surface area contributed by atoms with Crippen molar-refractivity contribution in [1.29, 1.82) is 0 Å². The van der Waals surface area contributed by atoms with E-state index >= 15 is 0 Å². The Morgan fingerprint density at radius 1 is 0.733 bits per heavy atom. The highest BCUT2D eigenvalue weighted by Gasteiger charge is 1.91. The Bertz CT molecular complexity index is 90.6. The van der Waals surface area contributed by atoms with Crippen LogP contribution >= 0.6 is 0 Å². The Kier molecular flexibility index (Phi) is 18.7. The average molecular weight is 222 g/mol. The Balaban J connectivity index is 0. The van der Waals surface area contributed by atoms with Crippen molar-refractivity contribution in [3.05, 3.63) is 0 Å². The van der Waals surface area contributed by atoms with Gasteiger partial charge in [-0.15, -0.1) is 0 Å². The summed E-state index contributed by atoms with van der Waals surface area (Å²) in [5.41, 5.74) is 0. The Hall–Kier alpha value is -0.160. The molecular formula is C11H26O4. The molecule has 0 aromatic rings. The van der Waals surface area contributed by atoms with Crippen LogP contribution in [0.5, 0.6) is 0 Å². The highest BCUT2D eigenvalue weighted by Crippen LogP contribution is 1.96. The lowest BCUT2D eigenvalue weighted by atomic mass is 10.2. The average Bonchev–Trinajstić information content (AvgIpc) is 2.22. The van der Waals surface area contributed by atoms with Crippen molar-refractivity contribution >= 4 is 0 Å². The molecule has 15 heavy (non-hydrogen) atoms. The van der Waals surface area contributed by atoms with Crippen molar-refractivity contribution in [3.8, 4) is 0 Å². The van der Waals surface area contributed by atoms with Crippen molar-refractivity contribution in [1.82, 2.24) is 0 Å². The van der Waals surface area contributed by atoms with Crippen LogP contribution in [-0.4, -0.2) is 46.4 Å². The number of hydrogen-bond donors (Lipinski definition) is 4. The molecule has 0 aromatic heterocycles. The SMILES string of the molecule is CC(O)CCCO.OCCCCCCO. The molecule has 0 rings (SSSR count). The van der Waals surface area contributed by atoms with Crippen LogP contribution in [-0.2, 0) is 0 Å². The first-order valence-corrected chi connectivity index (χ1v) is 5.69. The molecule has 0 aliphatic rings. The molecule has 4 N–H and O–H groups in total. The third kappa shape index (κ3) is 24.8. The van der Waals surface area contributed by atoms with Crippen LogP contribution in [0.2, 0.25) is 0 Å². The van der Waals surface area contributed by atoms with E-state index in [0.29, 0.717) is 12.8 Å². The van der Waals surface area contributed by atoms with Gasteiger partial charge in [0, 0.05) is 19.8 Å². The van der Waals surface area contributed by atoms with E-state index in [1.54, 1.807) is 6.92 Å². The predicted molar refractivity (Wildman–Crippen MR) is 60.6 cm³/mol. The second kappa shape index (κ2) is 16.3. The summed E-state index contributed by atoms with van der Waals surface area (Å²) in [6.07, 6.45) is 4.98. The standard InChI is InChI=1S/C6H14O2.C5H12O2/c7-5-3-1-2-4-6-8;1-5(7)3-2-4-6/h7-8H,1-6H2;5-7H,2-4H2,1H3. The van der Waals surface area contributed by atoms with Gasteiger partial charge in [0.15, 0.2) is 0 Å². The minimum Gasteiger partial charge on any atom is -0.396 e. The molecule has 0 aliphatic carbocycles. The first-order chi connectivity index (χ1) is 7.18. The minimum absolute atomic E-state index is 0.185. The second-order valence-electron chi connectivity index (χ2n) is 3.58. The zero-order valence-electron chi connectivity index (χ0n) is 9.73. The van der Waals surface area contributed by atoms with Gasteiger partial charge in [0.25, 0.3) is 0 Å². The molecule has 1 unspecified atom stereocenters. The summed E-state index contributed by atoms with van der Waals surface area (Å²) in [6, 6.07) is 0. The van der Waals surface area contributed by atoms with E-state index in [-0.39, 0.29) is 25.9 Å². The number of rotatable bonds is 8. The molecule has 1 atom stereocenters. The lowest BCUT2D eigenvalue weighted by Gasteiger charge is -1.98. The molecule has 0 amide bonds. The number of aliphatic hydroxyl groups is 4. The number of aliphatic hydroxyl groups excluding tert-OH is 4. The van der Waals surface area contributed by atoms with E-state index in [1.807, 2.05) is 0 Å². The smallest absolute Gasteiger partial charge is 0.0513 e. The molecule has 4 nitrogen and oxygen atoms in total. The van der Waals surface area contributed by atoms with Gasteiger partial charge < -0.3 is 20.4 Å². The van der Waals surface area contributed by atoms with Crippen molar-refractivity contribution in [3.63, 3.8) is 0 Å². The summed E-state index contributed by atoms with van der Waals surface area (Å²) in [5.74, 6) is 0. The zero-order chi connectivity index (χ0) is 11.9. The van der Waals surface area contributed by atoms with E-state index in [2.05, 4.69) is 0 Å². The molecule has 0 fully saturated rings. The van der Waals surface area contributed by atoms with E-state index in [1.165, 1.54) is 0 Å². The van der Waals surface area contributed by atoms with Crippen LogP contribution in [0, 0.1) is 0 Å². The second-order valence-corrected chi connectivity index (χ2v) is 3.58. The maximum atomic E-state index is 8.57. The summed E-state index contributed by atoms with van der Waals surface area (Å²) >= 11 is 0. The molecule has 0 bridgehead atoms. The van der Waals surface area contributed by atoms with Gasteiger partial charge in [0.2, 0.25) is 0 Å². The van der Waals surface area contributed by atoms with E-state index in [4.69, 9.17) is 20.4 Å². The van der Waals surface area contributed by atoms with E-state index in [0.717, 1.165) is 25.7 Å². The number of unbranched alkanes of at least 4 members (excludes halogenated alkanes) is 3. The molecule has 4 heteroatoms. The summed E-state index contributed by atoms with van der Waals surface area (Å²) in [7, 11) is 0. The van der Waals surface area contributed by atoms with Gasteiger partial charge >= 0.3 is 0 Å². The van der Waals surface area contributed by atoms with Crippen molar-refractivity contribution in [2.45, 2.75) is 51.6 Å². The molecule has 0 spiro atoms. The van der Waals surface area contributed by atoms with Gasteiger partial charge in [-0.3, -0.25) is 0 Å². The van der Waals surface area contributed by atoms with Crippen molar-refractivity contribution < 1.29 is 20.4 Å². The van der Waals surface area contributed by atoms with Crippen LogP contribution < -0.4 is 0 Å². The molecular weight excluding hydrogens is 196 g/mol. The minimum atomic E-state index is -0.257. The van der Waals surface area contributed by atoms with Gasteiger partial charge in [0.1, 0.15) is 0 Å². The molecule has 0 saturated carbocycles. The highest BCUT2D eigenvalue weighted by molar-refractivity contribution is 4.43.